The van der Waals surface area contributed by atoms with Crippen LogP contribution in [0.1, 0.15) is 45.6 Å². The number of hydrogen-bond donors (Lipinski definition) is 2. The highest BCUT2D eigenvalue weighted by Crippen LogP contribution is 2.25. The molecule has 1 aliphatic rings. The van der Waals surface area contributed by atoms with E-state index in [1.165, 1.54) is 24.8 Å². The Kier molecular flexibility index (Phi) is 6.05. The molecule has 4 nitrogen and oxygen atoms in total. The average molecular weight is 317 g/mol. The Morgan fingerprint density at radius 1 is 1.30 bits per heavy atom. The first-order chi connectivity index (χ1) is 10.9. The number of nitrogens with one attached hydrogen (secondary N) is 2. The van der Waals surface area contributed by atoms with Crippen LogP contribution in [0.15, 0.2) is 24.3 Å². The fraction of sp³-hybridized carbons (Fsp3) is 0.632. The number of rotatable bonds is 5. The van der Waals surface area contributed by atoms with E-state index in [0.29, 0.717) is 6.54 Å². The largest absolute Gasteiger partial charge is 0.336 e. The second-order valence-electron chi connectivity index (χ2n) is 7.35. The Hall–Kier alpha value is -1.55. The lowest BCUT2D eigenvalue weighted by molar-refractivity contribution is 0.0669. The van der Waals surface area contributed by atoms with Crippen LogP contribution < -0.4 is 10.6 Å². The van der Waals surface area contributed by atoms with Crippen molar-refractivity contribution < 1.29 is 4.79 Å². The summed E-state index contributed by atoms with van der Waals surface area (Å²) in [4.78, 5) is 14.6. The van der Waals surface area contributed by atoms with E-state index >= 15 is 0 Å². The molecule has 1 atom stereocenters. The molecular formula is C19H31N3O. The number of amides is 2. The number of benzene rings is 1. The molecule has 1 saturated heterocycles. The fourth-order valence-corrected chi connectivity index (χ4v) is 3.17. The lowest BCUT2D eigenvalue weighted by Crippen LogP contribution is -2.55. The minimum Gasteiger partial charge on any atom is -0.336 e. The number of nitrogens with zero attached hydrogens (tertiary/aromatic N) is 1. The average Bonchev–Trinajstić information content (AvgIpc) is 2.55. The van der Waals surface area contributed by atoms with Gasteiger partial charge in [0.2, 0.25) is 0 Å². The SMILES string of the molecule is CCC1CCCN(C(C)(C)CNC(=O)Nc2ccc(C)cc2)C1. The molecule has 2 amide bonds. The summed E-state index contributed by atoms with van der Waals surface area (Å²) in [6, 6.07) is 7.72. The Morgan fingerprint density at radius 2 is 2.00 bits per heavy atom. The lowest BCUT2D eigenvalue weighted by atomic mass is 9.91. The molecule has 0 aliphatic carbocycles. The smallest absolute Gasteiger partial charge is 0.319 e. The van der Waals surface area contributed by atoms with Gasteiger partial charge in [-0.15, -0.1) is 0 Å². The molecule has 0 aromatic heterocycles. The predicted octanol–water partition coefficient (Wildman–Crippen LogP) is 4.02. The third kappa shape index (κ3) is 5.24. The molecule has 2 N–H and O–H groups in total. The number of likely N-dealkylation sites (tertiary alicyclic amines) is 1. The van der Waals surface area contributed by atoms with Gasteiger partial charge in [-0.25, -0.2) is 4.79 Å². The van der Waals surface area contributed by atoms with Crippen molar-refractivity contribution in [2.45, 2.75) is 52.5 Å². The second-order valence-corrected chi connectivity index (χ2v) is 7.35. The van der Waals surface area contributed by atoms with Crippen LogP contribution in [-0.2, 0) is 0 Å². The summed E-state index contributed by atoms with van der Waals surface area (Å²) in [6.07, 6.45) is 3.84. The van der Waals surface area contributed by atoms with Gasteiger partial charge >= 0.3 is 6.03 Å². The minimum atomic E-state index is -0.133. The van der Waals surface area contributed by atoms with Crippen LogP contribution in [0.4, 0.5) is 10.5 Å². The Bertz CT molecular complexity index is 510. The summed E-state index contributed by atoms with van der Waals surface area (Å²) in [5.41, 5.74) is 2.00. The molecule has 0 spiro atoms. The van der Waals surface area contributed by atoms with Gasteiger partial charge < -0.3 is 10.6 Å². The number of carbonyl (C=O) groups excluding carboxylic acids is 1. The number of piperidine rings is 1. The highest BCUT2D eigenvalue weighted by molar-refractivity contribution is 5.89. The van der Waals surface area contributed by atoms with Gasteiger partial charge in [-0.3, -0.25) is 4.90 Å². The molecule has 1 aliphatic heterocycles. The van der Waals surface area contributed by atoms with E-state index in [2.05, 4.69) is 36.3 Å². The summed E-state index contributed by atoms with van der Waals surface area (Å²) >= 11 is 0. The van der Waals surface area contributed by atoms with Crippen LogP contribution >= 0.6 is 0 Å². The maximum Gasteiger partial charge on any atom is 0.319 e. The van der Waals surface area contributed by atoms with Crippen LogP contribution in [-0.4, -0.2) is 36.1 Å². The minimum absolute atomic E-state index is 0.0154. The highest BCUT2D eigenvalue weighted by Gasteiger charge is 2.31. The molecular weight excluding hydrogens is 286 g/mol. The summed E-state index contributed by atoms with van der Waals surface area (Å²) < 4.78 is 0. The van der Waals surface area contributed by atoms with Gasteiger partial charge in [-0.05, 0) is 58.2 Å². The van der Waals surface area contributed by atoms with Gasteiger partial charge in [0.1, 0.15) is 0 Å². The van der Waals surface area contributed by atoms with Crippen LogP contribution in [0.5, 0.6) is 0 Å². The Morgan fingerprint density at radius 3 is 2.65 bits per heavy atom. The fourth-order valence-electron chi connectivity index (χ4n) is 3.17. The number of urea groups is 1. The van der Waals surface area contributed by atoms with E-state index in [9.17, 15) is 4.79 Å². The third-order valence-corrected chi connectivity index (χ3v) is 4.94. The maximum absolute atomic E-state index is 12.1. The zero-order valence-corrected chi connectivity index (χ0v) is 15.0. The zero-order valence-electron chi connectivity index (χ0n) is 15.0. The normalized spacial score (nSPS) is 19.4. The molecule has 1 unspecified atom stereocenters. The third-order valence-electron chi connectivity index (χ3n) is 4.94. The van der Waals surface area contributed by atoms with Gasteiger partial charge in [0.25, 0.3) is 0 Å². The molecule has 1 fully saturated rings. The van der Waals surface area contributed by atoms with E-state index in [4.69, 9.17) is 0 Å². The van der Waals surface area contributed by atoms with Crippen molar-refractivity contribution in [3.63, 3.8) is 0 Å². The van der Waals surface area contributed by atoms with Crippen molar-refractivity contribution >= 4 is 11.7 Å². The van der Waals surface area contributed by atoms with Gasteiger partial charge in [0, 0.05) is 24.3 Å². The molecule has 4 heteroatoms. The first-order valence-corrected chi connectivity index (χ1v) is 8.77. The zero-order chi connectivity index (χ0) is 16.9. The molecule has 1 aromatic carbocycles. The van der Waals surface area contributed by atoms with Crippen LogP contribution in [0.25, 0.3) is 0 Å². The molecule has 1 heterocycles. The Balaban J connectivity index is 1.83. The number of carbonyl (C=O) groups is 1. The van der Waals surface area contributed by atoms with Crippen molar-refractivity contribution in [2.24, 2.45) is 5.92 Å². The van der Waals surface area contributed by atoms with Crippen molar-refractivity contribution in [2.75, 3.05) is 25.0 Å². The number of aryl methyl sites for hydroxylation is 1. The summed E-state index contributed by atoms with van der Waals surface area (Å²) in [5.74, 6) is 0.796. The molecule has 0 bridgehead atoms. The monoisotopic (exact) mass is 317 g/mol. The molecule has 1 aromatic rings. The summed E-state index contributed by atoms with van der Waals surface area (Å²) in [7, 11) is 0. The first-order valence-electron chi connectivity index (χ1n) is 8.77. The molecule has 0 saturated carbocycles. The van der Waals surface area contributed by atoms with E-state index in [1.807, 2.05) is 31.2 Å². The van der Waals surface area contributed by atoms with E-state index in [-0.39, 0.29) is 11.6 Å². The van der Waals surface area contributed by atoms with Crippen LogP contribution in [0.2, 0.25) is 0 Å². The molecule has 2 rings (SSSR count). The van der Waals surface area contributed by atoms with Crippen molar-refractivity contribution in [3.05, 3.63) is 29.8 Å². The Labute approximate surface area is 140 Å². The van der Waals surface area contributed by atoms with Gasteiger partial charge in [-0.1, -0.05) is 31.0 Å². The first kappa shape index (κ1) is 17.8. The van der Waals surface area contributed by atoms with Gasteiger partial charge in [0.05, 0.1) is 0 Å². The maximum atomic E-state index is 12.1. The molecule has 23 heavy (non-hydrogen) atoms. The highest BCUT2D eigenvalue weighted by atomic mass is 16.2. The van der Waals surface area contributed by atoms with E-state index in [0.717, 1.165) is 24.7 Å². The van der Waals surface area contributed by atoms with Crippen LogP contribution in [0.3, 0.4) is 0 Å². The molecule has 128 valence electrons. The standard InChI is InChI=1S/C19H31N3O/c1-5-16-7-6-12-22(13-16)19(3,4)14-20-18(23)21-17-10-8-15(2)9-11-17/h8-11,16H,5-7,12-14H2,1-4H3,(H2,20,21,23). The summed E-state index contributed by atoms with van der Waals surface area (Å²) in [6.45, 7) is 11.7. The van der Waals surface area contributed by atoms with Gasteiger partial charge in [0.15, 0.2) is 0 Å². The topological polar surface area (TPSA) is 44.4 Å². The van der Waals surface area contributed by atoms with Crippen molar-refractivity contribution in [1.29, 1.82) is 0 Å². The van der Waals surface area contributed by atoms with Crippen LogP contribution in [0, 0.1) is 12.8 Å². The van der Waals surface area contributed by atoms with Crippen molar-refractivity contribution in [1.82, 2.24) is 10.2 Å². The summed E-state index contributed by atoms with van der Waals surface area (Å²) in [5, 5.41) is 5.92. The van der Waals surface area contributed by atoms with Crippen molar-refractivity contribution in [3.8, 4) is 0 Å². The molecule has 0 radical (unpaired) electrons. The number of hydrogen-bond acceptors (Lipinski definition) is 2. The quantitative estimate of drug-likeness (QED) is 0.861. The van der Waals surface area contributed by atoms with Gasteiger partial charge in [-0.2, -0.15) is 0 Å². The predicted molar refractivity (Wildman–Crippen MR) is 96.9 cm³/mol. The van der Waals surface area contributed by atoms with E-state index < -0.39 is 0 Å². The van der Waals surface area contributed by atoms with E-state index in [1.54, 1.807) is 0 Å². The number of anilines is 1. The second kappa shape index (κ2) is 7.82. The lowest BCUT2D eigenvalue weighted by Gasteiger charge is -2.43.